The van der Waals surface area contributed by atoms with Crippen molar-refractivity contribution in [2.45, 2.75) is 16.2 Å². The van der Waals surface area contributed by atoms with Crippen molar-refractivity contribution in [3.63, 3.8) is 0 Å². The first-order chi connectivity index (χ1) is 15.2. The number of benzene rings is 3. The van der Waals surface area contributed by atoms with Gasteiger partial charge in [0.05, 0.1) is 17.8 Å². The van der Waals surface area contributed by atoms with E-state index in [1.807, 2.05) is 48.5 Å². The molecule has 0 saturated heterocycles. The maximum Gasteiger partial charge on any atom is 0.310 e. The van der Waals surface area contributed by atoms with Crippen molar-refractivity contribution in [1.29, 1.82) is 0 Å². The van der Waals surface area contributed by atoms with Crippen LogP contribution >= 0.6 is 11.8 Å². The van der Waals surface area contributed by atoms with Gasteiger partial charge >= 0.3 is 5.97 Å². The number of rotatable bonds is 4. The van der Waals surface area contributed by atoms with Gasteiger partial charge in [0.1, 0.15) is 13.2 Å². The predicted octanol–water partition coefficient (Wildman–Crippen LogP) is 4.37. The Kier molecular flexibility index (Phi) is 5.26. The minimum absolute atomic E-state index is 0.0486. The Labute approximate surface area is 183 Å². The van der Waals surface area contributed by atoms with Gasteiger partial charge in [-0.25, -0.2) is 0 Å². The Bertz CT molecular complexity index is 1120. The van der Waals surface area contributed by atoms with E-state index in [4.69, 9.17) is 14.2 Å². The van der Waals surface area contributed by atoms with Gasteiger partial charge in [-0.1, -0.05) is 42.1 Å². The predicted molar refractivity (Wildman–Crippen MR) is 116 cm³/mol. The molecular weight excluding hydrogens is 414 g/mol. The van der Waals surface area contributed by atoms with Gasteiger partial charge in [-0.15, -0.1) is 0 Å². The minimum Gasteiger partial charge on any atom is -0.486 e. The van der Waals surface area contributed by atoms with E-state index in [0.29, 0.717) is 24.7 Å². The molecule has 7 heteroatoms. The van der Waals surface area contributed by atoms with Crippen molar-refractivity contribution in [3.05, 3.63) is 72.3 Å². The SMILES string of the molecule is O=C(Cc1ccc2c(c1)OCCO2)OCC(=O)N1c2ccccc2Sc2ccccc21. The molecule has 0 aromatic heterocycles. The van der Waals surface area contributed by atoms with Gasteiger partial charge in [-0.05, 0) is 42.0 Å². The van der Waals surface area contributed by atoms with E-state index in [0.717, 1.165) is 26.7 Å². The fourth-order valence-electron chi connectivity index (χ4n) is 3.60. The van der Waals surface area contributed by atoms with Crippen LogP contribution in [0.4, 0.5) is 11.4 Å². The first-order valence-electron chi connectivity index (χ1n) is 9.92. The molecule has 1 amide bonds. The summed E-state index contributed by atoms with van der Waals surface area (Å²) in [6, 6.07) is 20.8. The summed E-state index contributed by atoms with van der Waals surface area (Å²) in [5, 5.41) is 0. The van der Waals surface area contributed by atoms with Gasteiger partial charge in [0.25, 0.3) is 5.91 Å². The van der Waals surface area contributed by atoms with Crippen LogP contribution in [0.2, 0.25) is 0 Å². The molecule has 0 atom stereocenters. The van der Waals surface area contributed by atoms with E-state index < -0.39 is 5.97 Å². The fourth-order valence-corrected chi connectivity index (χ4v) is 4.65. The molecule has 2 aliphatic rings. The van der Waals surface area contributed by atoms with Crippen LogP contribution in [-0.2, 0) is 20.7 Å². The van der Waals surface area contributed by atoms with Crippen LogP contribution in [0.3, 0.4) is 0 Å². The third-order valence-corrected chi connectivity index (χ3v) is 6.12. The number of carbonyl (C=O) groups excluding carboxylic acids is 2. The van der Waals surface area contributed by atoms with Crippen LogP contribution in [0, 0.1) is 0 Å². The monoisotopic (exact) mass is 433 g/mol. The van der Waals surface area contributed by atoms with Crippen LogP contribution in [-0.4, -0.2) is 31.7 Å². The maximum absolute atomic E-state index is 13.1. The molecule has 31 heavy (non-hydrogen) atoms. The van der Waals surface area contributed by atoms with Gasteiger partial charge < -0.3 is 14.2 Å². The number of anilines is 2. The molecule has 156 valence electrons. The van der Waals surface area contributed by atoms with Crippen molar-refractivity contribution in [3.8, 4) is 11.5 Å². The van der Waals surface area contributed by atoms with E-state index in [1.165, 1.54) is 0 Å². The number of amides is 1. The molecule has 0 N–H and O–H groups in total. The van der Waals surface area contributed by atoms with Gasteiger partial charge in [0.2, 0.25) is 0 Å². The zero-order valence-electron chi connectivity index (χ0n) is 16.6. The summed E-state index contributed by atoms with van der Waals surface area (Å²) < 4.78 is 16.4. The third kappa shape index (κ3) is 3.96. The molecule has 0 aliphatic carbocycles. The van der Waals surface area contributed by atoms with E-state index in [2.05, 4.69) is 0 Å². The number of esters is 1. The van der Waals surface area contributed by atoms with Gasteiger partial charge in [-0.3, -0.25) is 14.5 Å². The van der Waals surface area contributed by atoms with Crippen molar-refractivity contribution >= 4 is 35.0 Å². The van der Waals surface area contributed by atoms with E-state index in [-0.39, 0.29) is 18.9 Å². The molecule has 3 aromatic rings. The molecule has 0 spiro atoms. The van der Waals surface area contributed by atoms with Crippen molar-refractivity contribution in [2.75, 3.05) is 24.7 Å². The molecule has 3 aromatic carbocycles. The molecule has 0 saturated carbocycles. The summed E-state index contributed by atoms with van der Waals surface area (Å²) in [5.74, 6) is 0.513. The van der Waals surface area contributed by atoms with Crippen LogP contribution < -0.4 is 14.4 Å². The van der Waals surface area contributed by atoms with Crippen LogP contribution in [0.25, 0.3) is 0 Å². The molecule has 2 aliphatic heterocycles. The first-order valence-corrected chi connectivity index (χ1v) is 10.7. The second-order valence-corrected chi connectivity index (χ2v) is 8.17. The molecule has 0 bridgehead atoms. The lowest BCUT2D eigenvalue weighted by atomic mass is 10.1. The molecule has 6 nitrogen and oxygen atoms in total. The summed E-state index contributed by atoms with van der Waals surface area (Å²) in [6.07, 6.45) is 0.0486. The van der Waals surface area contributed by atoms with Crippen molar-refractivity contribution in [2.24, 2.45) is 0 Å². The number of nitrogens with zero attached hydrogens (tertiary/aromatic N) is 1. The van der Waals surface area contributed by atoms with Crippen molar-refractivity contribution in [1.82, 2.24) is 0 Å². The van der Waals surface area contributed by atoms with Crippen LogP contribution in [0.15, 0.2) is 76.5 Å². The van der Waals surface area contributed by atoms with Crippen molar-refractivity contribution < 1.29 is 23.8 Å². The number of hydrogen-bond donors (Lipinski definition) is 0. The largest absolute Gasteiger partial charge is 0.486 e. The quantitative estimate of drug-likeness (QED) is 0.569. The van der Waals surface area contributed by atoms with Crippen LogP contribution in [0.1, 0.15) is 5.56 Å². The van der Waals surface area contributed by atoms with Gasteiger partial charge in [0.15, 0.2) is 18.1 Å². The summed E-state index contributed by atoms with van der Waals surface area (Å²) in [6.45, 7) is 0.654. The lowest BCUT2D eigenvalue weighted by molar-refractivity contribution is -0.147. The topological polar surface area (TPSA) is 65.1 Å². The van der Waals surface area contributed by atoms with Crippen LogP contribution in [0.5, 0.6) is 11.5 Å². The Morgan fingerprint density at radius 3 is 2.23 bits per heavy atom. The Morgan fingerprint density at radius 1 is 0.871 bits per heavy atom. The summed E-state index contributed by atoms with van der Waals surface area (Å²) in [4.78, 5) is 29.1. The highest BCUT2D eigenvalue weighted by atomic mass is 32.2. The van der Waals surface area contributed by atoms with E-state index >= 15 is 0 Å². The summed E-state index contributed by atoms with van der Waals surface area (Å²) in [7, 11) is 0. The number of fused-ring (bicyclic) bond motifs is 3. The minimum atomic E-state index is -0.474. The van der Waals surface area contributed by atoms with E-state index in [9.17, 15) is 9.59 Å². The lowest BCUT2D eigenvalue weighted by Gasteiger charge is -2.30. The third-order valence-electron chi connectivity index (χ3n) is 4.99. The molecule has 0 fully saturated rings. The maximum atomic E-state index is 13.1. The fraction of sp³-hybridized carbons (Fsp3) is 0.167. The van der Waals surface area contributed by atoms with Gasteiger partial charge in [-0.2, -0.15) is 0 Å². The normalized spacial score (nSPS) is 13.7. The summed E-state index contributed by atoms with van der Waals surface area (Å²) >= 11 is 1.62. The van der Waals surface area contributed by atoms with Gasteiger partial charge in [0, 0.05) is 9.79 Å². The molecule has 5 rings (SSSR count). The lowest BCUT2D eigenvalue weighted by Crippen LogP contribution is -2.32. The summed E-state index contributed by atoms with van der Waals surface area (Å²) in [5.41, 5.74) is 2.32. The zero-order valence-corrected chi connectivity index (χ0v) is 17.4. The Morgan fingerprint density at radius 2 is 1.52 bits per heavy atom. The smallest absolute Gasteiger partial charge is 0.310 e. The number of hydrogen-bond acceptors (Lipinski definition) is 6. The average Bonchev–Trinajstić information content (AvgIpc) is 2.81. The van der Waals surface area contributed by atoms with E-state index in [1.54, 1.807) is 34.9 Å². The Hall–Kier alpha value is -3.45. The second-order valence-electron chi connectivity index (χ2n) is 7.08. The highest BCUT2D eigenvalue weighted by Crippen LogP contribution is 2.47. The standard InChI is InChI=1S/C24H19NO5S/c26-23(15-30-24(27)14-16-9-10-19-20(13-16)29-12-11-28-19)25-17-5-1-3-7-21(17)31-22-8-4-2-6-18(22)25/h1-10,13H,11-12,14-15H2. The highest BCUT2D eigenvalue weighted by Gasteiger charge is 2.28. The average molecular weight is 433 g/mol. The first kappa shape index (κ1) is 19.5. The number of ether oxygens (including phenoxy) is 3. The highest BCUT2D eigenvalue weighted by molar-refractivity contribution is 7.99. The second kappa shape index (κ2) is 8.35. The number of para-hydroxylation sites is 2. The molecular formula is C24H19NO5S. The zero-order chi connectivity index (χ0) is 21.2. The molecule has 2 heterocycles. The molecule has 0 radical (unpaired) electrons. The number of carbonyl (C=O) groups is 2. The molecule has 0 unspecified atom stereocenters. The Balaban J connectivity index is 1.28.